The fourth-order valence-corrected chi connectivity index (χ4v) is 6.78. The summed E-state index contributed by atoms with van der Waals surface area (Å²) >= 11 is 6.24. The summed E-state index contributed by atoms with van der Waals surface area (Å²) in [6.45, 7) is 4.07. The first-order valence-electron chi connectivity index (χ1n) is 12.4. The Morgan fingerprint density at radius 1 is 0.946 bits per heavy atom. The second-order valence-corrected chi connectivity index (χ2v) is 10.8. The van der Waals surface area contributed by atoms with Gasteiger partial charge in [0, 0.05) is 16.6 Å². The highest BCUT2D eigenvalue weighted by Gasteiger charge is 2.70. The van der Waals surface area contributed by atoms with Gasteiger partial charge in [0.15, 0.2) is 0 Å². The van der Waals surface area contributed by atoms with E-state index in [1.807, 2.05) is 50.2 Å². The summed E-state index contributed by atoms with van der Waals surface area (Å²) in [4.78, 5) is 48.4. The highest BCUT2D eigenvalue weighted by molar-refractivity contribution is 6.31. The summed E-state index contributed by atoms with van der Waals surface area (Å²) in [5, 5.41) is 4.65. The average molecular weight is 511 g/mol. The van der Waals surface area contributed by atoms with Crippen LogP contribution in [0.5, 0.6) is 0 Å². The van der Waals surface area contributed by atoms with E-state index in [9.17, 15) is 14.4 Å². The summed E-state index contributed by atoms with van der Waals surface area (Å²) in [7, 11) is 0. The maximum Gasteiger partial charge on any atom is 0.266 e. The third-order valence-corrected chi connectivity index (χ3v) is 8.32. The van der Waals surface area contributed by atoms with Crippen LogP contribution < -0.4 is 15.8 Å². The van der Waals surface area contributed by atoms with Gasteiger partial charge in [-0.1, -0.05) is 61.8 Å². The highest BCUT2D eigenvalue weighted by atomic mass is 35.5. The lowest BCUT2D eigenvalue weighted by atomic mass is 9.75. The maximum atomic E-state index is 14.3. The standard InChI is InChI=1S/C29H23ClN4O3/c1-15(2)24-22-23(27(37)33(26(22)36)17-9-7-8-16(30)14-17)29(32-24)19-11-4-6-13-21(19)34-25(35)18-10-3-5-12-20(18)31-28(29)34/h3-15,22-24,32H,1-2H3/t22-,23-,24+,29+/m1/s1. The Bertz CT molecular complexity index is 1710. The summed E-state index contributed by atoms with van der Waals surface area (Å²) < 4.78 is 1.62. The van der Waals surface area contributed by atoms with Crippen molar-refractivity contribution in [3.63, 3.8) is 0 Å². The van der Waals surface area contributed by atoms with Gasteiger partial charge in [-0.05, 0) is 42.3 Å². The topological polar surface area (TPSA) is 84.3 Å². The van der Waals surface area contributed by atoms with Crippen LogP contribution in [0.2, 0.25) is 5.02 Å². The van der Waals surface area contributed by atoms with E-state index in [1.54, 1.807) is 41.0 Å². The lowest BCUT2D eigenvalue weighted by Gasteiger charge is -2.32. The second kappa shape index (κ2) is 7.60. The summed E-state index contributed by atoms with van der Waals surface area (Å²) in [5.74, 6) is -1.51. The first-order valence-corrected chi connectivity index (χ1v) is 12.8. The molecule has 0 radical (unpaired) electrons. The zero-order valence-electron chi connectivity index (χ0n) is 20.2. The second-order valence-electron chi connectivity index (χ2n) is 10.3. The van der Waals surface area contributed by atoms with Crippen LogP contribution in [0.3, 0.4) is 0 Å². The number of para-hydroxylation sites is 2. The van der Waals surface area contributed by atoms with Crippen molar-refractivity contribution in [3.8, 4) is 5.69 Å². The van der Waals surface area contributed by atoms with Crippen LogP contribution in [0.1, 0.15) is 25.2 Å². The van der Waals surface area contributed by atoms with E-state index in [0.717, 1.165) is 5.56 Å². The molecule has 4 heterocycles. The van der Waals surface area contributed by atoms with Gasteiger partial charge < -0.3 is 0 Å². The van der Waals surface area contributed by atoms with Crippen molar-refractivity contribution in [2.75, 3.05) is 4.90 Å². The monoisotopic (exact) mass is 510 g/mol. The molecule has 184 valence electrons. The zero-order chi connectivity index (χ0) is 25.6. The number of nitrogens with one attached hydrogen (secondary N) is 1. The first kappa shape index (κ1) is 22.4. The molecule has 3 aromatic carbocycles. The number of rotatable bonds is 2. The molecular weight excluding hydrogens is 488 g/mol. The van der Waals surface area contributed by atoms with Crippen LogP contribution in [0.15, 0.2) is 77.6 Å². The Balaban J connectivity index is 1.54. The Morgan fingerprint density at radius 3 is 2.49 bits per heavy atom. The summed E-state index contributed by atoms with van der Waals surface area (Å²) in [6.07, 6.45) is 0. The quantitative estimate of drug-likeness (QED) is 0.412. The fraction of sp³-hybridized carbons (Fsp3) is 0.241. The van der Waals surface area contributed by atoms with Gasteiger partial charge in [-0.2, -0.15) is 0 Å². The molecular formula is C29H23ClN4O3. The Kier molecular flexibility index (Phi) is 4.60. The lowest BCUT2D eigenvalue weighted by molar-refractivity contribution is -0.123. The molecule has 37 heavy (non-hydrogen) atoms. The zero-order valence-corrected chi connectivity index (χ0v) is 20.9. The molecule has 2 amide bonds. The fourth-order valence-electron chi connectivity index (χ4n) is 6.59. The minimum atomic E-state index is -1.14. The molecule has 1 aromatic heterocycles. The summed E-state index contributed by atoms with van der Waals surface area (Å²) in [6, 6.07) is 21.3. The largest absolute Gasteiger partial charge is 0.296 e. The minimum absolute atomic E-state index is 0.0383. The maximum absolute atomic E-state index is 14.3. The molecule has 0 unspecified atom stereocenters. The van der Waals surface area contributed by atoms with Crippen molar-refractivity contribution in [1.82, 2.24) is 14.9 Å². The number of carbonyl (C=O) groups is 2. The van der Waals surface area contributed by atoms with Crippen LogP contribution >= 0.6 is 11.6 Å². The van der Waals surface area contributed by atoms with E-state index >= 15 is 0 Å². The van der Waals surface area contributed by atoms with Crippen molar-refractivity contribution in [2.24, 2.45) is 17.8 Å². The number of carbonyl (C=O) groups excluding carboxylic acids is 2. The molecule has 0 bridgehead atoms. The number of imide groups is 1. The van der Waals surface area contributed by atoms with Crippen LogP contribution in [0.4, 0.5) is 5.69 Å². The minimum Gasteiger partial charge on any atom is -0.296 e. The first-order chi connectivity index (χ1) is 17.8. The number of amides is 2. The predicted molar refractivity (Wildman–Crippen MR) is 141 cm³/mol. The van der Waals surface area contributed by atoms with Gasteiger partial charge in [-0.25, -0.2) is 9.88 Å². The molecule has 3 aliphatic heterocycles. The lowest BCUT2D eigenvalue weighted by Crippen LogP contribution is -2.51. The Hall–Kier alpha value is -3.81. The van der Waals surface area contributed by atoms with Gasteiger partial charge in [-0.15, -0.1) is 0 Å². The number of aromatic nitrogens is 2. The van der Waals surface area contributed by atoms with Crippen molar-refractivity contribution in [2.45, 2.75) is 25.4 Å². The molecule has 7 rings (SSSR count). The summed E-state index contributed by atoms with van der Waals surface area (Å²) in [5.41, 5.74) is 1.13. The Labute approximate surface area is 217 Å². The van der Waals surface area contributed by atoms with Crippen molar-refractivity contribution >= 4 is 40.0 Å². The van der Waals surface area contributed by atoms with Gasteiger partial charge in [0.2, 0.25) is 11.8 Å². The van der Waals surface area contributed by atoms with Gasteiger partial charge in [0.25, 0.3) is 5.56 Å². The number of fused-ring (bicyclic) bond motifs is 8. The molecule has 2 saturated heterocycles. The third kappa shape index (κ3) is 2.76. The smallest absolute Gasteiger partial charge is 0.266 e. The molecule has 4 atom stereocenters. The molecule has 8 heteroatoms. The van der Waals surface area contributed by atoms with Crippen molar-refractivity contribution in [1.29, 1.82) is 0 Å². The van der Waals surface area contributed by atoms with E-state index in [1.165, 1.54) is 4.90 Å². The van der Waals surface area contributed by atoms with Crippen LogP contribution in [0, 0.1) is 17.8 Å². The molecule has 2 fully saturated rings. The van der Waals surface area contributed by atoms with E-state index in [-0.39, 0.29) is 29.3 Å². The number of hydrogen-bond donors (Lipinski definition) is 1. The highest BCUT2D eigenvalue weighted by Crippen LogP contribution is 2.56. The number of benzene rings is 3. The molecule has 4 aromatic rings. The predicted octanol–water partition coefficient (Wildman–Crippen LogP) is 4.03. The number of halogens is 1. The molecule has 0 saturated carbocycles. The number of hydrogen-bond acceptors (Lipinski definition) is 5. The van der Waals surface area contributed by atoms with Crippen LogP contribution in [-0.4, -0.2) is 27.4 Å². The molecule has 1 N–H and O–H groups in total. The SMILES string of the molecule is CC(C)[C@@H]1N[C@@]2(c3ccccc3-n3c2nc2ccccc2c3=O)[C@H]2C(=O)N(c3cccc(Cl)c3)C(=O)[C@@H]12. The van der Waals surface area contributed by atoms with E-state index in [2.05, 4.69) is 5.32 Å². The van der Waals surface area contributed by atoms with Gasteiger partial charge in [0.05, 0.1) is 34.1 Å². The van der Waals surface area contributed by atoms with Crippen molar-refractivity contribution in [3.05, 3.63) is 99.6 Å². The number of nitrogens with zero attached hydrogens (tertiary/aromatic N) is 3. The van der Waals surface area contributed by atoms with Crippen molar-refractivity contribution < 1.29 is 9.59 Å². The van der Waals surface area contributed by atoms with E-state index in [4.69, 9.17) is 16.6 Å². The molecule has 7 nitrogen and oxygen atoms in total. The van der Waals surface area contributed by atoms with Crippen LogP contribution in [0.25, 0.3) is 16.6 Å². The normalized spacial score (nSPS) is 25.8. The molecule has 0 aliphatic carbocycles. The van der Waals surface area contributed by atoms with Gasteiger partial charge >= 0.3 is 0 Å². The molecule has 1 spiro atoms. The Morgan fingerprint density at radius 2 is 1.70 bits per heavy atom. The molecule has 3 aliphatic rings. The van der Waals surface area contributed by atoms with Gasteiger partial charge in [0.1, 0.15) is 11.4 Å². The average Bonchev–Trinajstić information content (AvgIpc) is 3.48. The van der Waals surface area contributed by atoms with E-state index < -0.39 is 17.4 Å². The third-order valence-electron chi connectivity index (χ3n) is 8.08. The number of anilines is 1. The van der Waals surface area contributed by atoms with E-state index in [0.29, 0.717) is 33.1 Å². The van der Waals surface area contributed by atoms with Gasteiger partial charge in [-0.3, -0.25) is 24.3 Å². The van der Waals surface area contributed by atoms with Crippen LogP contribution in [-0.2, 0) is 15.1 Å².